The van der Waals surface area contributed by atoms with Gasteiger partial charge in [-0.25, -0.2) is 4.79 Å². The highest BCUT2D eigenvalue weighted by Crippen LogP contribution is 2.38. The fourth-order valence-corrected chi connectivity index (χ4v) is 5.54. The van der Waals surface area contributed by atoms with Crippen LogP contribution in [0.4, 0.5) is 16.3 Å². The summed E-state index contributed by atoms with van der Waals surface area (Å²) in [4.78, 5) is 39.5. The number of nitrogens with zero attached hydrogens (tertiary/aromatic N) is 4. The summed E-state index contributed by atoms with van der Waals surface area (Å²) in [6, 6.07) is 7.34. The lowest BCUT2D eigenvalue weighted by atomic mass is 9.94. The third-order valence-electron chi connectivity index (χ3n) is 8.22. The summed E-state index contributed by atoms with van der Waals surface area (Å²) in [6.45, 7) is 4.47. The van der Waals surface area contributed by atoms with Crippen molar-refractivity contribution >= 4 is 29.4 Å². The molecule has 1 aromatic carbocycles. The Morgan fingerprint density at radius 2 is 2.10 bits per heavy atom. The lowest BCUT2D eigenvalue weighted by molar-refractivity contribution is -0.118. The zero-order valence-corrected chi connectivity index (χ0v) is 22.6. The van der Waals surface area contributed by atoms with Gasteiger partial charge >= 0.3 is 6.09 Å². The van der Waals surface area contributed by atoms with Crippen molar-refractivity contribution in [1.82, 2.24) is 25.7 Å². The zero-order valence-electron chi connectivity index (χ0n) is 22.6. The summed E-state index contributed by atoms with van der Waals surface area (Å²) in [5.74, 6) is 0.121. The smallest absolute Gasteiger partial charge is 0.407 e. The van der Waals surface area contributed by atoms with Gasteiger partial charge in [0, 0.05) is 47.4 Å². The molecule has 1 unspecified atom stereocenters. The molecule has 2 aliphatic carbocycles. The van der Waals surface area contributed by atoms with Gasteiger partial charge in [0.25, 0.3) is 0 Å². The van der Waals surface area contributed by atoms with E-state index in [4.69, 9.17) is 9.15 Å². The number of hydrogen-bond acceptors (Lipinski definition) is 8. The molecule has 6 rings (SSSR count). The molecule has 40 heavy (non-hydrogen) atoms. The average Bonchev–Trinajstić information content (AvgIpc) is 3.53. The van der Waals surface area contributed by atoms with Crippen molar-refractivity contribution in [3.05, 3.63) is 41.9 Å². The number of anilines is 2. The number of benzene rings is 1. The number of nitrogens with one attached hydrogen (secondary N) is 3. The number of hydrogen-bond donors (Lipinski definition) is 3. The molecule has 3 aliphatic rings. The van der Waals surface area contributed by atoms with Crippen molar-refractivity contribution in [3.63, 3.8) is 0 Å². The van der Waals surface area contributed by atoms with Crippen LogP contribution < -0.4 is 15.5 Å². The molecule has 0 spiro atoms. The first-order chi connectivity index (χ1) is 19.3. The predicted octanol–water partition coefficient (Wildman–Crippen LogP) is 4.24. The van der Waals surface area contributed by atoms with Crippen LogP contribution >= 0.6 is 0 Å². The Hall–Kier alpha value is -4.22. The monoisotopic (exact) mass is 547 g/mol. The number of rotatable bonds is 8. The third-order valence-corrected chi connectivity index (χ3v) is 8.22. The Balaban J connectivity index is 1.11. The molecule has 1 saturated heterocycles. The standard InChI is InChI=1S/C28H33N7O5/c1-16(20-8-6-18(35-11-3-4-24(35)36)13-21(20)26-34-29-15-39-26)25(37)30-23-14-22(32-33-23)17-5-7-19(12-17)40-27(38)31-28(2)9-10-28/h6,8,13-17,19H,3-5,7,9-12H2,1-2H3,(H,31,38)(H2,30,32,33,37)/t16?,17-,19+/m1/s1. The number of carbonyl (C=O) groups is 3. The highest BCUT2D eigenvalue weighted by Gasteiger charge is 2.40. The highest BCUT2D eigenvalue weighted by molar-refractivity contribution is 5.98. The van der Waals surface area contributed by atoms with E-state index < -0.39 is 5.92 Å². The molecule has 0 radical (unpaired) electrons. The molecule has 3 fully saturated rings. The number of alkyl carbamates (subject to hydrolysis) is 1. The Morgan fingerprint density at radius 1 is 1.25 bits per heavy atom. The minimum Gasteiger partial charge on any atom is -0.446 e. The van der Waals surface area contributed by atoms with E-state index in [1.807, 2.05) is 31.2 Å². The average molecular weight is 548 g/mol. The molecule has 3 atom stereocenters. The van der Waals surface area contributed by atoms with Crippen molar-refractivity contribution in [1.29, 1.82) is 0 Å². The van der Waals surface area contributed by atoms with Gasteiger partial charge in [-0.1, -0.05) is 6.07 Å². The van der Waals surface area contributed by atoms with Crippen LogP contribution in [-0.4, -0.2) is 56.5 Å². The van der Waals surface area contributed by atoms with E-state index in [2.05, 4.69) is 31.0 Å². The van der Waals surface area contributed by atoms with Crippen LogP contribution in [-0.2, 0) is 14.3 Å². The van der Waals surface area contributed by atoms with Gasteiger partial charge in [-0.3, -0.25) is 14.7 Å². The fraction of sp³-hybridized carbons (Fsp3) is 0.500. The van der Waals surface area contributed by atoms with E-state index in [0.29, 0.717) is 36.3 Å². The minimum absolute atomic E-state index is 0.0698. The lowest BCUT2D eigenvalue weighted by Crippen LogP contribution is -2.36. The molecule has 3 aromatic rings. The van der Waals surface area contributed by atoms with Gasteiger partial charge in [-0.15, -0.1) is 10.2 Å². The Bertz CT molecular complexity index is 1410. The van der Waals surface area contributed by atoms with Crippen LogP contribution in [0.1, 0.15) is 81.9 Å². The molecule has 210 valence electrons. The number of carbonyl (C=O) groups excluding carboxylic acids is 3. The normalized spacial score (nSPS) is 22.2. The van der Waals surface area contributed by atoms with Crippen molar-refractivity contribution in [2.24, 2.45) is 0 Å². The van der Waals surface area contributed by atoms with Gasteiger partial charge < -0.3 is 24.7 Å². The summed E-state index contributed by atoms with van der Waals surface area (Å²) in [5, 5.41) is 21.0. The third kappa shape index (κ3) is 5.43. The molecule has 2 saturated carbocycles. The highest BCUT2D eigenvalue weighted by atomic mass is 16.6. The minimum atomic E-state index is -0.568. The Morgan fingerprint density at radius 3 is 2.83 bits per heavy atom. The SMILES string of the molecule is CC(C(=O)Nc1cc([C@@H]2CC[C@H](OC(=O)NC3(C)CC3)C2)[nH]n1)c1ccc(N2CCCC2=O)cc1-c1nnco1. The molecule has 1 aliphatic heterocycles. The second-order valence-electron chi connectivity index (χ2n) is 11.3. The fourth-order valence-electron chi connectivity index (χ4n) is 5.54. The van der Waals surface area contributed by atoms with E-state index in [9.17, 15) is 14.4 Å². The number of aromatic amines is 1. The summed E-state index contributed by atoms with van der Waals surface area (Å²) in [5.41, 5.74) is 2.83. The van der Waals surface area contributed by atoms with Crippen LogP contribution in [0.5, 0.6) is 0 Å². The lowest BCUT2D eigenvalue weighted by Gasteiger charge is -2.20. The Labute approximate surface area is 231 Å². The maximum atomic E-state index is 13.3. The van der Waals surface area contributed by atoms with E-state index in [1.54, 1.807) is 11.8 Å². The number of amides is 3. The molecule has 0 bridgehead atoms. The van der Waals surface area contributed by atoms with E-state index >= 15 is 0 Å². The van der Waals surface area contributed by atoms with Gasteiger partial charge in [-0.2, -0.15) is 5.10 Å². The first-order valence-electron chi connectivity index (χ1n) is 13.8. The van der Waals surface area contributed by atoms with Crippen LogP contribution in [0.15, 0.2) is 35.1 Å². The maximum Gasteiger partial charge on any atom is 0.407 e. The van der Waals surface area contributed by atoms with E-state index in [0.717, 1.165) is 43.5 Å². The molecular formula is C28H33N7O5. The van der Waals surface area contributed by atoms with Gasteiger partial charge in [0.2, 0.25) is 24.1 Å². The quantitative estimate of drug-likeness (QED) is 0.378. The predicted molar refractivity (Wildman–Crippen MR) is 145 cm³/mol. The second-order valence-corrected chi connectivity index (χ2v) is 11.3. The molecule has 2 aromatic heterocycles. The molecular weight excluding hydrogens is 514 g/mol. The summed E-state index contributed by atoms with van der Waals surface area (Å²) in [7, 11) is 0. The Kier molecular flexibility index (Phi) is 6.77. The van der Waals surface area contributed by atoms with Crippen LogP contribution in [0.3, 0.4) is 0 Å². The summed E-state index contributed by atoms with van der Waals surface area (Å²) >= 11 is 0. The van der Waals surface area contributed by atoms with Gasteiger partial charge in [0.05, 0.1) is 5.92 Å². The molecule has 3 amide bonds. The number of aromatic nitrogens is 4. The second kappa shape index (κ2) is 10.4. The molecule has 12 nitrogen and oxygen atoms in total. The van der Waals surface area contributed by atoms with Crippen molar-refractivity contribution in [2.75, 3.05) is 16.8 Å². The maximum absolute atomic E-state index is 13.3. The van der Waals surface area contributed by atoms with Crippen molar-refractivity contribution in [2.45, 2.75) is 82.3 Å². The van der Waals surface area contributed by atoms with E-state index in [1.165, 1.54) is 6.39 Å². The van der Waals surface area contributed by atoms with Crippen LogP contribution in [0.25, 0.3) is 11.5 Å². The van der Waals surface area contributed by atoms with Gasteiger partial charge in [0.1, 0.15) is 6.10 Å². The largest absolute Gasteiger partial charge is 0.446 e. The van der Waals surface area contributed by atoms with Crippen LogP contribution in [0, 0.1) is 0 Å². The summed E-state index contributed by atoms with van der Waals surface area (Å²) in [6.07, 6.45) is 6.39. The van der Waals surface area contributed by atoms with Crippen LogP contribution in [0.2, 0.25) is 0 Å². The zero-order chi connectivity index (χ0) is 27.9. The number of H-pyrrole nitrogens is 1. The van der Waals surface area contributed by atoms with Crippen molar-refractivity contribution in [3.8, 4) is 11.5 Å². The van der Waals surface area contributed by atoms with Gasteiger partial charge in [-0.05, 0) is 70.1 Å². The topological polar surface area (TPSA) is 155 Å². The number of ether oxygens (including phenoxy) is 1. The van der Waals surface area contributed by atoms with Crippen molar-refractivity contribution < 1.29 is 23.5 Å². The molecule has 3 N–H and O–H groups in total. The van der Waals surface area contributed by atoms with E-state index in [-0.39, 0.29) is 41.4 Å². The first-order valence-corrected chi connectivity index (χ1v) is 13.8. The summed E-state index contributed by atoms with van der Waals surface area (Å²) < 4.78 is 11.1. The molecule has 3 heterocycles. The first kappa shape index (κ1) is 26.0. The van der Waals surface area contributed by atoms with Gasteiger partial charge in [0.15, 0.2) is 5.82 Å². The molecule has 12 heteroatoms.